The number of methoxy groups -OCH3 is 1. The van der Waals surface area contributed by atoms with Gasteiger partial charge in [0.25, 0.3) is 0 Å². The number of esters is 3. The Labute approximate surface area is 201 Å². The van der Waals surface area contributed by atoms with Gasteiger partial charge in [-0.25, -0.2) is 4.79 Å². The van der Waals surface area contributed by atoms with Crippen LogP contribution >= 0.6 is 21.6 Å². The standard InChI is InChI=1S/C20H33NO10S2/c1-10(22)21-15-14(30-12(3)24)8-20(18(27)28-7,33-32-19(4,5)6)31-17(15)16(26)13(25)9-29-11(2)23/h13-17,25-26H,8-9H2,1-7H3,(H,21,22)/t13-,14+,15-,16-,17-,20+/m1/s1. The average molecular weight is 512 g/mol. The molecule has 1 aliphatic heterocycles. The lowest BCUT2D eigenvalue weighted by Crippen LogP contribution is -2.67. The Hall–Kier alpha value is -1.54. The van der Waals surface area contributed by atoms with E-state index in [1.54, 1.807) is 0 Å². The molecular formula is C20H33NO10S2. The highest BCUT2D eigenvalue weighted by molar-refractivity contribution is 8.77. The lowest BCUT2D eigenvalue weighted by molar-refractivity contribution is -0.213. The fraction of sp³-hybridized carbons (Fsp3) is 0.800. The summed E-state index contributed by atoms with van der Waals surface area (Å²) >= 11 is 0. The lowest BCUT2D eigenvalue weighted by atomic mass is 9.89. The monoisotopic (exact) mass is 511 g/mol. The van der Waals surface area contributed by atoms with Crippen LogP contribution in [0.15, 0.2) is 0 Å². The van der Waals surface area contributed by atoms with Crippen molar-refractivity contribution < 1.29 is 48.3 Å². The van der Waals surface area contributed by atoms with Crippen LogP contribution in [0.3, 0.4) is 0 Å². The second-order valence-electron chi connectivity index (χ2n) is 8.54. The minimum atomic E-state index is -1.74. The summed E-state index contributed by atoms with van der Waals surface area (Å²) < 4.78 is 20.8. The van der Waals surface area contributed by atoms with Crippen LogP contribution in [0.1, 0.15) is 48.0 Å². The summed E-state index contributed by atoms with van der Waals surface area (Å²) in [5.74, 6) is -2.68. The average Bonchev–Trinajstić information content (AvgIpc) is 2.69. The minimum absolute atomic E-state index is 0.193. The van der Waals surface area contributed by atoms with Crippen LogP contribution in [0.4, 0.5) is 0 Å². The predicted octanol–water partition coefficient (Wildman–Crippen LogP) is 0.546. The molecule has 1 rings (SSSR count). The highest BCUT2D eigenvalue weighted by Crippen LogP contribution is 2.50. The van der Waals surface area contributed by atoms with E-state index in [2.05, 4.69) is 5.32 Å². The van der Waals surface area contributed by atoms with Gasteiger partial charge in [-0.1, -0.05) is 31.6 Å². The molecule has 0 aliphatic carbocycles. The van der Waals surface area contributed by atoms with Gasteiger partial charge in [-0.2, -0.15) is 0 Å². The molecule has 0 aromatic heterocycles. The van der Waals surface area contributed by atoms with Crippen molar-refractivity contribution in [3.63, 3.8) is 0 Å². The molecule has 0 bridgehead atoms. The van der Waals surface area contributed by atoms with E-state index in [0.717, 1.165) is 31.8 Å². The first-order valence-corrected chi connectivity index (χ1v) is 12.3. The Balaban J connectivity index is 3.46. The summed E-state index contributed by atoms with van der Waals surface area (Å²) in [6, 6.07) is -1.12. The number of rotatable bonds is 9. The Bertz CT molecular complexity index is 728. The molecule has 11 nitrogen and oxygen atoms in total. The molecule has 0 unspecified atom stereocenters. The first-order chi connectivity index (χ1) is 15.1. The molecule has 0 radical (unpaired) electrons. The smallest absolute Gasteiger partial charge is 0.349 e. The summed E-state index contributed by atoms with van der Waals surface area (Å²) in [6.45, 7) is 8.70. The number of ether oxygens (including phenoxy) is 4. The van der Waals surface area contributed by atoms with Gasteiger partial charge in [0.2, 0.25) is 10.8 Å². The number of nitrogens with one attached hydrogen (secondary N) is 1. The number of hydrogen-bond acceptors (Lipinski definition) is 12. The Kier molecular flexibility index (Phi) is 10.9. The molecule has 0 spiro atoms. The number of aliphatic hydroxyl groups excluding tert-OH is 2. The molecule has 0 aromatic carbocycles. The zero-order chi connectivity index (χ0) is 25.6. The third kappa shape index (κ3) is 8.96. The molecule has 3 N–H and O–H groups in total. The summed E-state index contributed by atoms with van der Waals surface area (Å²) in [6.07, 6.45) is -6.08. The van der Waals surface area contributed by atoms with Crippen LogP contribution in [0, 0.1) is 0 Å². The van der Waals surface area contributed by atoms with Gasteiger partial charge in [0, 0.05) is 31.9 Å². The van der Waals surface area contributed by atoms with E-state index < -0.39 is 65.8 Å². The highest BCUT2D eigenvalue weighted by atomic mass is 33.1. The van der Waals surface area contributed by atoms with Crippen molar-refractivity contribution in [3.05, 3.63) is 0 Å². The number of carbonyl (C=O) groups is 4. The van der Waals surface area contributed by atoms with Gasteiger partial charge in [-0.05, 0) is 10.8 Å². The van der Waals surface area contributed by atoms with Crippen LogP contribution in [0.25, 0.3) is 0 Å². The molecule has 1 saturated heterocycles. The van der Waals surface area contributed by atoms with Crippen molar-refractivity contribution in [2.24, 2.45) is 0 Å². The summed E-state index contributed by atoms with van der Waals surface area (Å²) in [7, 11) is 3.49. The molecule has 1 amide bonds. The second-order valence-corrected chi connectivity index (χ2v) is 11.8. The normalized spacial score (nSPS) is 27.1. The van der Waals surface area contributed by atoms with Crippen LogP contribution in [0.5, 0.6) is 0 Å². The first-order valence-electron chi connectivity index (χ1n) is 10.2. The molecule has 1 aliphatic rings. The molecule has 0 aromatic rings. The third-order valence-corrected chi connectivity index (χ3v) is 8.19. The molecule has 1 fully saturated rings. The highest BCUT2D eigenvalue weighted by Gasteiger charge is 2.57. The molecule has 13 heteroatoms. The minimum Gasteiger partial charge on any atom is -0.466 e. The van der Waals surface area contributed by atoms with Gasteiger partial charge in [0.15, 0.2) is 0 Å². The van der Waals surface area contributed by atoms with Crippen molar-refractivity contribution in [2.75, 3.05) is 13.7 Å². The Morgan fingerprint density at radius 1 is 1.15 bits per heavy atom. The third-order valence-electron chi connectivity index (χ3n) is 4.35. The summed E-state index contributed by atoms with van der Waals surface area (Å²) in [5.41, 5.74) is 0. The molecule has 190 valence electrons. The van der Waals surface area contributed by atoms with E-state index in [9.17, 15) is 29.4 Å². The summed E-state index contributed by atoms with van der Waals surface area (Å²) in [4.78, 5) is 46.0. The van der Waals surface area contributed by atoms with Crippen LogP contribution in [0.2, 0.25) is 0 Å². The van der Waals surface area contributed by atoms with Crippen molar-refractivity contribution in [1.29, 1.82) is 0 Å². The number of hydrogen-bond donors (Lipinski definition) is 3. The van der Waals surface area contributed by atoms with E-state index in [4.69, 9.17) is 18.9 Å². The van der Waals surface area contributed by atoms with Gasteiger partial charge in [-0.3, -0.25) is 14.4 Å². The van der Waals surface area contributed by atoms with Gasteiger partial charge in [-0.15, -0.1) is 0 Å². The topological polar surface area (TPSA) is 158 Å². The van der Waals surface area contributed by atoms with Gasteiger partial charge in [0.1, 0.15) is 31.0 Å². The zero-order valence-electron chi connectivity index (χ0n) is 19.8. The van der Waals surface area contributed by atoms with E-state index in [1.165, 1.54) is 17.7 Å². The van der Waals surface area contributed by atoms with Crippen molar-refractivity contribution in [1.82, 2.24) is 5.32 Å². The molecule has 1 heterocycles. The van der Waals surface area contributed by atoms with E-state index in [-0.39, 0.29) is 11.2 Å². The maximum absolute atomic E-state index is 12.9. The van der Waals surface area contributed by atoms with E-state index in [1.807, 2.05) is 20.8 Å². The fourth-order valence-corrected chi connectivity index (χ4v) is 5.65. The maximum atomic E-state index is 12.9. The number of aliphatic hydroxyl groups is 2. The van der Waals surface area contributed by atoms with E-state index in [0.29, 0.717) is 0 Å². The zero-order valence-corrected chi connectivity index (χ0v) is 21.4. The van der Waals surface area contributed by atoms with Crippen molar-refractivity contribution in [2.45, 2.75) is 88.1 Å². The van der Waals surface area contributed by atoms with Gasteiger partial charge < -0.3 is 34.5 Å². The van der Waals surface area contributed by atoms with Crippen molar-refractivity contribution >= 4 is 45.4 Å². The fourth-order valence-electron chi connectivity index (χ4n) is 3.05. The Morgan fingerprint density at radius 2 is 1.76 bits per heavy atom. The van der Waals surface area contributed by atoms with Crippen LogP contribution in [-0.2, 0) is 38.1 Å². The number of amides is 1. The maximum Gasteiger partial charge on any atom is 0.349 e. The second kappa shape index (κ2) is 12.2. The molecular weight excluding hydrogens is 478 g/mol. The SMILES string of the molecule is COC(=O)[C@@]1(SSC(C)(C)C)C[C@H](OC(C)=O)[C@@H](NC(C)=O)[C@H]([C@H](O)[C@H](O)COC(C)=O)O1. The largest absolute Gasteiger partial charge is 0.466 e. The molecule has 0 saturated carbocycles. The number of carbonyl (C=O) groups excluding carboxylic acids is 4. The Morgan fingerprint density at radius 3 is 2.21 bits per heavy atom. The van der Waals surface area contributed by atoms with Crippen LogP contribution < -0.4 is 5.32 Å². The van der Waals surface area contributed by atoms with Crippen molar-refractivity contribution in [3.8, 4) is 0 Å². The predicted molar refractivity (Wildman–Crippen MR) is 121 cm³/mol. The summed E-state index contributed by atoms with van der Waals surface area (Å²) in [5, 5.41) is 23.9. The van der Waals surface area contributed by atoms with Gasteiger partial charge in [0.05, 0.1) is 13.2 Å². The lowest BCUT2D eigenvalue weighted by Gasteiger charge is -2.48. The van der Waals surface area contributed by atoms with Crippen LogP contribution in [-0.4, -0.2) is 87.9 Å². The van der Waals surface area contributed by atoms with E-state index >= 15 is 0 Å². The molecule has 33 heavy (non-hydrogen) atoms. The first kappa shape index (κ1) is 29.5. The quantitative estimate of drug-likeness (QED) is 0.225. The molecule has 6 atom stereocenters. The van der Waals surface area contributed by atoms with Gasteiger partial charge >= 0.3 is 17.9 Å².